The number of rotatable bonds is 4. The Morgan fingerprint density at radius 3 is 2.95 bits per heavy atom. The number of nitriles is 1. The Labute approximate surface area is 119 Å². The lowest BCUT2D eigenvalue weighted by atomic mass is 10.2. The van der Waals surface area contributed by atoms with Crippen molar-refractivity contribution in [3.8, 4) is 11.8 Å². The van der Waals surface area contributed by atoms with Crippen LogP contribution in [-0.4, -0.2) is 15.8 Å². The van der Waals surface area contributed by atoms with E-state index in [2.05, 4.69) is 24.9 Å². The highest BCUT2D eigenvalue weighted by atomic mass is 32.2. The lowest BCUT2D eigenvalue weighted by Crippen LogP contribution is -2.02. The minimum Gasteiger partial charge on any atom is -0.506 e. The lowest BCUT2D eigenvalue weighted by molar-refractivity contribution is 0.481. The minimum atomic E-state index is -0.391. The first-order valence-corrected chi connectivity index (χ1v) is 7.74. The van der Waals surface area contributed by atoms with Gasteiger partial charge in [-0.3, -0.25) is 4.79 Å². The van der Waals surface area contributed by atoms with E-state index >= 15 is 0 Å². The lowest BCUT2D eigenvalue weighted by Gasteiger charge is -2.02. The molecule has 0 radical (unpaired) electrons. The van der Waals surface area contributed by atoms with Crippen LogP contribution in [0.1, 0.15) is 25.8 Å². The molecule has 0 unspecified atom stereocenters. The summed E-state index contributed by atoms with van der Waals surface area (Å²) < 4.78 is 1.43. The van der Waals surface area contributed by atoms with Crippen molar-refractivity contribution in [2.45, 2.75) is 24.5 Å². The number of nitrogens with zero attached hydrogens (tertiary/aromatic N) is 1. The summed E-state index contributed by atoms with van der Waals surface area (Å²) in [6, 6.07) is 3.26. The van der Waals surface area contributed by atoms with Crippen LogP contribution >= 0.6 is 23.1 Å². The van der Waals surface area contributed by atoms with Crippen molar-refractivity contribution in [1.82, 2.24) is 4.98 Å². The largest absolute Gasteiger partial charge is 0.506 e. The number of nitrogens with one attached hydrogen (secondary N) is 1. The third-order valence-corrected chi connectivity index (χ3v) is 5.18. The predicted octanol–water partition coefficient (Wildman–Crippen LogP) is 3.31. The van der Waals surface area contributed by atoms with Gasteiger partial charge in [0.15, 0.2) is 0 Å². The van der Waals surface area contributed by atoms with Gasteiger partial charge in [0.05, 0.1) is 14.4 Å². The van der Waals surface area contributed by atoms with Crippen molar-refractivity contribution >= 4 is 33.3 Å². The van der Waals surface area contributed by atoms with Crippen LogP contribution in [0.25, 0.3) is 10.2 Å². The van der Waals surface area contributed by atoms with Gasteiger partial charge in [-0.25, -0.2) is 0 Å². The van der Waals surface area contributed by atoms with Crippen molar-refractivity contribution in [3.05, 3.63) is 22.0 Å². The summed E-state index contributed by atoms with van der Waals surface area (Å²) >= 11 is 2.96. The van der Waals surface area contributed by atoms with Crippen LogP contribution in [0.3, 0.4) is 0 Å². The van der Waals surface area contributed by atoms with Gasteiger partial charge in [-0.2, -0.15) is 5.26 Å². The van der Waals surface area contributed by atoms with Gasteiger partial charge in [-0.15, -0.1) is 23.1 Å². The molecule has 19 heavy (non-hydrogen) atoms. The zero-order valence-electron chi connectivity index (χ0n) is 10.7. The fourth-order valence-electron chi connectivity index (χ4n) is 1.65. The SMILES string of the molecule is CC(C)CCSc1sc2c(O)cc(=O)[nH]c2c1C#N. The molecule has 0 aromatic carbocycles. The third-order valence-electron chi connectivity index (χ3n) is 2.66. The molecular formula is C13H14N2O2S2. The van der Waals surface area contributed by atoms with E-state index in [-0.39, 0.29) is 5.75 Å². The van der Waals surface area contributed by atoms with E-state index < -0.39 is 5.56 Å². The van der Waals surface area contributed by atoms with Crippen LogP contribution in [-0.2, 0) is 0 Å². The molecule has 0 saturated carbocycles. The predicted molar refractivity (Wildman–Crippen MR) is 79.0 cm³/mol. The van der Waals surface area contributed by atoms with Crippen molar-refractivity contribution in [2.24, 2.45) is 5.92 Å². The Hall–Kier alpha value is -1.45. The number of hydrogen-bond acceptors (Lipinski definition) is 5. The average molecular weight is 294 g/mol. The van der Waals surface area contributed by atoms with Gasteiger partial charge in [0, 0.05) is 6.07 Å². The Morgan fingerprint density at radius 1 is 1.58 bits per heavy atom. The number of aromatic hydroxyl groups is 1. The van der Waals surface area contributed by atoms with Crippen LogP contribution in [0.15, 0.2) is 15.1 Å². The van der Waals surface area contributed by atoms with Gasteiger partial charge in [0.2, 0.25) is 0 Å². The van der Waals surface area contributed by atoms with Crippen LogP contribution in [0.4, 0.5) is 0 Å². The van der Waals surface area contributed by atoms with E-state index in [0.717, 1.165) is 22.4 Å². The van der Waals surface area contributed by atoms with Crippen molar-refractivity contribution in [1.29, 1.82) is 5.26 Å². The molecule has 2 N–H and O–H groups in total. The van der Waals surface area contributed by atoms with Gasteiger partial charge >= 0.3 is 0 Å². The van der Waals surface area contributed by atoms with Crippen LogP contribution in [0.5, 0.6) is 5.75 Å². The van der Waals surface area contributed by atoms with Gasteiger partial charge in [0.1, 0.15) is 17.4 Å². The molecule has 0 aliphatic rings. The molecule has 0 spiro atoms. The number of aromatic nitrogens is 1. The Balaban J connectivity index is 2.42. The summed E-state index contributed by atoms with van der Waals surface area (Å²) in [6.45, 7) is 4.31. The zero-order valence-corrected chi connectivity index (χ0v) is 12.3. The van der Waals surface area contributed by atoms with Gasteiger partial charge < -0.3 is 10.1 Å². The maximum absolute atomic E-state index is 11.4. The average Bonchev–Trinajstić information content (AvgIpc) is 2.66. The fourth-order valence-corrected chi connectivity index (χ4v) is 4.31. The van der Waals surface area contributed by atoms with Gasteiger partial charge in [0.25, 0.3) is 5.56 Å². The first-order chi connectivity index (χ1) is 9.02. The molecule has 0 aliphatic heterocycles. The van der Waals surface area contributed by atoms with Crippen molar-refractivity contribution in [2.75, 3.05) is 5.75 Å². The van der Waals surface area contributed by atoms with Crippen LogP contribution in [0, 0.1) is 17.2 Å². The number of thiophene rings is 1. The summed E-state index contributed by atoms with van der Waals surface area (Å²) in [4.78, 5) is 14.0. The highest BCUT2D eigenvalue weighted by molar-refractivity contribution is 8.01. The monoisotopic (exact) mass is 294 g/mol. The van der Waals surface area contributed by atoms with Gasteiger partial charge in [-0.1, -0.05) is 13.8 Å². The molecule has 100 valence electrons. The van der Waals surface area contributed by atoms with Gasteiger partial charge in [-0.05, 0) is 18.1 Å². The molecular weight excluding hydrogens is 280 g/mol. The number of hydrogen-bond donors (Lipinski definition) is 2. The summed E-state index contributed by atoms with van der Waals surface area (Å²) in [5, 5.41) is 19.0. The number of thioether (sulfide) groups is 1. The molecule has 6 heteroatoms. The number of fused-ring (bicyclic) bond motifs is 1. The second-order valence-electron chi connectivity index (χ2n) is 4.63. The Morgan fingerprint density at radius 2 is 2.32 bits per heavy atom. The topological polar surface area (TPSA) is 76.9 Å². The van der Waals surface area contributed by atoms with E-state index in [1.165, 1.54) is 11.3 Å². The first kappa shape index (κ1) is 14.0. The minimum absolute atomic E-state index is 0.0593. The molecule has 2 rings (SSSR count). The second kappa shape index (κ2) is 5.68. The molecule has 0 saturated heterocycles. The molecule has 4 nitrogen and oxygen atoms in total. The highest BCUT2D eigenvalue weighted by Crippen LogP contribution is 2.40. The number of pyridine rings is 1. The molecule has 2 aromatic heterocycles. The standard InChI is InChI=1S/C13H14N2O2S2/c1-7(2)3-4-18-13-8(6-14)11-12(19-13)9(16)5-10(17)15-11/h5,7H,3-4H2,1-2H3,(H2,15,16,17). The molecule has 2 aromatic rings. The molecule has 0 fully saturated rings. The maximum Gasteiger partial charge on any atom is 0.252 e. The Bertz CT molecular complexity index is 695. The Kier molecular flexibility index (Phi) is 4.17. The van der Waals surface area contributed by atoms with E-state index in [9.17, 15) is 15.2 Å². The molecule has 0 atom stereocenters. The summed E-state index contributed by atoms with van der Waals surface area (Å²) in [5.41, 5.74) is 0.518. The quantitative estimate of drug-likeness (QED) is 0.848. The first-order valence-electron chi connectivity index (χ1n) is 5.94. The molecule has 0 amide bonds. The smallest absolute Gasteiger partial charge is 0.252 e. The fraction of sp³-hybridized carbons (Fsp3) is 0.385. The zero-order chi connectivity index (χ0) is 14.0. The molecule has 0 aliphatic carbocycles. The summed E-state index contributed by atoms with van der Waals surface area (Å²) in [6.07, 6.45) is 1.06. The normalized spacial score (nSPS) is 11.1. The summed E-state index contributed by atoms with van der Waals surface area (Å²) in [7, 11) is 0. The molecule has 2 heterocycles. The third kappa shape index (κ3) is 2.94. The second-order valence-corrected chi connectivity index (χ2v) is 7.01. The molecule has 0 bridgehead atoms. The van der Waals surface area contributed by atoms with Crippen LogP contribution < -0.4 is 5.56 Å². The number of H-pyrrole nitrogens is 1. The van der Waals surface area contributed by atoms with E-state index in [1.807, 2.05) is 0 Å². The van der Waals surface area contributed by atoms with Crippen molar-refractivity contribution < 1.29 is 5.11 Å². The summed E-state index contributed by atoms with van der Waals surface area (Å²) in [5.74, 6) is 1.47. The van der Waals surface area contributed by atoms with E-state index in [0.29, 0.717) is 21.7 Å². The van der Waals surface area contributed by atoms with Crippen molar-refractivity contribution in [3.63, 3.8) is 0 Å². The van der Waals surface area contributed by atoms with E-state index in [4.69, 9.17) is 0 Å². The van der Waals surface area contributed by atoms with E-state index in [1.54, 1.807) is 11.8 Å². The highest BCUT2D eigenvalue weighted by Gasteiger charge is 2.16. The van der Waals surface area contributed by atoms with Crippen LogP contribution in [0.2, 0.25) is 0 Å². The number of aromatic amines is 1. The maximum atomic E-state index is 11.4.